The van der Waals surface area contributed by atoms with Gasteiger partial charge in [0.25, 0.3) is 5.91 Å². The molecular formula is C22H23F5N4O4S. The average molecular weight is 535 g/mol. The van der Waals surface area contributed by atoms with Crippen molar-refractivity contribution in [1.29, 1.82) is 0 Å². The van der Waals surface area contributed by atoms with Crippen molar-refractivity contribution in [1.82, 2.24) is 9.88 Å². The van der Waals surface area contributed by atoms with Crippen LogP contribution in [0.25, 0.3) is 10.8 Å². The Morgan fingerprint density at radius 3 is 2.28 bits per heavy atom. The number of nitrogens with two attached hydrogens (primary N) is 1. The van der Waals surface area contributed by atoms with Crippen LogP contribution in [-0.2, 0) is 11.3 Å². The number of nitrogens with one attached hydrogen (secondary N) is 2. The molecule has 0 radical (unpaired) electrons. The zero-order valence-electron chi connectivity index (χ0n) is 19.3. The normalized spacial score (nSPS) is 13.6. The predicted molar refractivity (Wildman–Crippen MR) is 127 cm³/mol. The number of Topliss-reactive ketones (excluding diaryl/α,β-unsaturated/α-hetero) is 1. The Bertz CT molecular complexity index is 1400. The maximum absolute atomic E-state index is 13.5. The highest BCUT2D eigenvalue weighted by Gasteiger charge is 2.65. The number of carbonyl (C=O) groups excluding carboxylic acids is 3. The van der Waals surface area contributed by atoms with Gasteiger partial charge in [-0.3, -0.25) is 14.4 Å². The molecule has 0 aliphatic carbocycles. The monoisotopic (exact) mass is 534 g/mol. The van der Waals surface area contributed by atoms with Gasteiger partial charge in [0, 0.05) is 42.2 Å². The molecule has 0 aliphatic rings. The molecule has 0 aliphatic heterocycles. The van der Waals surface area contributed by atoms with Crippen molar-refractivity contribution in [2.45, 2.75) is 25.3 Å². The fourth-order valence-corrected chi connectivity index (χ4v) is 4.24. The van der Waals surface area contributed by atoms with Crippen molar-refractivity contribution < 1.29 is 38.5 Å². The van der Waals surface area contributed by atoms with E-state index in [4.69, 9.17) is 10.5 Å². The smallest absolute Gasteiger partial charge is 0.310 e. The van der Waals surface area contributed by atoms with Crippen molar-refractivity contribution in [3.63, 3.8) is 0 Å². The zero-order valence-corrected chi connectivity index (χ0v) is 20.2. The molecule has 4 N–H and O–H groups in total. The van der Waals surface area contributed by atoms with Crippen LogP contribution in [0.3, 0.4) is 0 Å². The Hall–Kier alpha value is -3.81. The second-order valence-corrected chi connectivity index (χ2v) is 10.3. The van der Waals surface area contributed by atoms with Crippen molar-refractivity contribution >= 4 is 50.1 Å². The average Bonchev–Trinajstić information content (AvgIpc) is 3.05. The molecule has 2 aromatic carbocycles. The van der Waals surface area contributed by atoms with Gasteiger partial charge in [-0.2, -0.15) is 0 Å². The number of amides is 2. The standard InChI is InChI=1S/C22H23F5N4O4S/c1-4-35-20-7-14-10-31(21(28)17(14)9-18(20)22(34)29-3)11-19(33)13-5-15(30-12(2)32)8-16(6-13)36(23,24,25,26)27/h5-10H,4,11,28H2,1-3H3,(H,29,34)(H,30,32). The summed E-state index contributed by atoms with van der Waals surface area (Å²) in [6.45, 7) is 2.34. The van der Waals surface area contributed by atoms with Crippen LogP contribution < -0.4 is 21.1 Å². The molecule has 14 heteroatoms. The highest BCUT2D eigenvalue weighted by atomic mass is 32.5. The molecule has 2 amide bonds. The third kappa shape index (κ3) is 5.70. The van der Waals surface area contributed by atoms with Crippen LogP contribution in [0.2, 0.25) is 0 Å². The van der Waals surface area contributed by atoms with Crippen LogP contribution in [0, 0.1) is 0 Å². The number of fused-ring (bicyclic) bond motifs is 1. The minimum Gasteiger partial charge on any atom is -0.493 e. The number of carbonyl (C=O) groups is 3. The van der Waals surface area contributed by atoms with Crippen LogP contribution in [-0.4, -0.2) is 35.8 Å². The Kier molecular flexibility index (Phi) is 6.25. The molecule has 3 aromatic rings. The van der Waals surface area contributed by atoms with E-state index >= 15 is 0 Å². The summed E-state index contributed by atoms with van der Waals surface area (Å²) in [5.74, 6) is -1.99. The van der Waals surface area contributed by atoms with Gasteiger partial charge < -0.3 is 25.7 Å². The van der Waals surface area contributed by atoms with Crippen molar-refractivity contribution in [3.8, 4) is 5.75 Å². The second-order valence-electron chi connectivity index (χ2n) is 7.91. The van der Waals surface area contributed by atoms with Crippen LogP contribution in [0.5, 0.6) is 5.75 Å². The lowest BCUT2D eigenvalue weighted by atomic mass is 10.1. The molecule has 1 aromatic heterocycles. The molecule has 0 bridgehead atoms. The van der Waals surface area contributed by atoms with Gasteiger partial charge in [0.2, 0.25) is 5.91 Å². The van der Waals surface area contributed by atoms with Gasteiger partial charge in [-0.15, -0.1) is 0 Å². The summed E-state index contributed by atoms with van der Waals surface area (Å²) in [6, 6.07) is 3.95. The highest BCUT2D eigenvalue weighted by Crippen LogP contribution is 3.02. The summed E-state index contributed by atoms with van der Waals surface area (Å²) < 4.78 is 74.1. The number of benzene rings is 2. The minimum absolute atomic E-state index is 0.0116. The molecule has 0 saturated carbocycles. The molecule has 0 saturated heterocycles. The van der Waals surface area contributed by atoms with E-state index in [1.54, 1.807) is 6.92 Å². The molecule has 3 rings (SSSR count). The summed E-state index contributed by atoms with van der Waals surface area (Å²) in [5.41, 5.74) is 4.98. The number of ether oxygens (including phenoxy) is 1. The lowest BCUT2D eigenvalue weighted by Gasteiger charge is -2.40. The lowest BCUT2D eigenvalue weighted by molar-refractivity contribution is -0.114. The van der Waals surface area contributed by atoms with Crippen LogP contribution >= 0.6 is 10.2 Å². The third-order valence-electron chi connectivity index (χ3n) is 5.11. The SMILES string of the molecule is CCOc1cc2cn(CC(=O)c3cc(NC(C)=O)cc(S(F)(F)(F)(F)F)c3)c(N)c2cc1C(=O)NC. The Morgan fingerprint density at radius 1 is 1.06 bits per heavy atom. The summed E-state index contributed by atoms with van der Waals surface area (Å²) in [5, 5.41) is 5.30. The van der Waals surface area contributed by atoms with Gasteiger partial charge in [-0.05, 0) is 37.3 Å². The molecule has 0 fully saturated rings. The van der Waals surface area contributed by atoms with E-state index in [-0.39, 0.29) is 35.9 Å². The first-order valence-electron chi connectivity index (χ1n) is 10.4. The van der Waals surface area contributed by atoms with Gasteiger partial charge in [0.05, 0.1) is 18.7 Å². The summed E-state index contributed by atoms with van der Waals surface area (Å²) in [7, 11) is -8.75. The van der Waals surface area contributed by atoms with Crippen molar-refractivity contribution in [3.05, 3.63) is 47.7 Å². The molecule has 0 atom stereocenters. The minimum atomic E-state index is -10.2. The molecule has 196 valence electrons. The zero-order chi connectivity index (χ0) is 27.1. The molecule has 0 spiro atoms. The van der Waals surface area contributed by atoms with E-state index in [1.807, 2.05) is 5.32 Å². The van der Waals surface area contributed by atoms with Gasteiger partial charge in [-0.25, -0.2) is 0 Å². The summed E-state index contributed by atoms with van der Waals surface area (Å²) in [4.78, 5) is 34.1. The van der Waals surface area contributed by atoms with E-state index in [0.29, 0.717) is 10.8 Å². The van der Waals surface area contributed by atoms with Gasteiger partial charge >= 0.3 is 10.2 Å². The van der Waals surface area contributed by atoms with E-state index < -0.39 is 50.5 Å². The van der Waals surface area contributed by atoms with Crippen molar-refractivity contribution in [2.75, 3.05) is 24.7 Å². The van der Waals surface area contributed by atoms with E-state index in [2.05, 4.69) is 5.32 Å². The molecule has 0 unspecified atom stereocenters. The number of nitrogens with zero attached hydrogens (tertiary/aromatic N) is 1. The largest absolute Gasteiger partial charge is 0.493 e. The first kappa shape index (κ1) is 26.8. The summed E-state index contributed by atoms with van der Waals surface area (Å²) in [6.07, 6.45) is 1.42. The third-order valence-corrected chi connectivity index (χ3v) is 6.24. The predicted octanol–water partition coefficient (Wildman–Crippen LogP) is 5.48. The van der Waals surface area contributed by atoms with Crippen molar-refractivity contribution in [2.24, 2.45) is 0 Å². The van der Waals surface area contributed by atoms with Crippen LogP contribution in [0.1, 0.15) is 34.6 Å². The number of rotatable bonds is 8. The number of hydrogen-bond donors (Lipinski definition) is 3. The van der Waals surface area contributed by atoms with E-state index in [9.17, 15) is 33.8 Å². The molecular weight excluding hydrogens is 511 g/mol. The van der Waals surface area contributed by atoms with Gasteiger partial charge in [-0.1, -0.05) is 19.4 Å². The number of hydrogen-bond acceptors (Lipinski definition) is 5. The van der Waals surface area contributed by atoms with E-state index in [1.165, 1.54) is 29.9 Å². The molecule has 1 heterocycles. The van der Waals surface area contributed by atoms with Crippen LogP contribution in [0.4, 0.5) is 30.9 Å². The van der Waals surface area contributed by atoms with Gasteiger partial charge in [0.15, 0.2) is 5.78 Å². The number of anilines is 2. The van der Waals surface area contributed by atoms with Crippen LogP contribution in [0.15, 0.2) is 41.4 Å². The first-order valence-corrected chi connectivity index (χ1v) is 12.4. The highest BCUT2D eigenvalue weighted by molar-refractivity contribution is 8.45. The molecule has 8 nitrogen and oxygen atoms in total. The quantitative estimate of drug-likeness (QED) is 0.262. The lowest BCUT2D eigenvalue weighted by Crippen LogP contribution is -2.19. The number of halogens is 5. The Labute approximate surface area is 202 Å². The fraction of sp³-hybridized carbons (Fsp3) is 0.227. The number of ketones is 1. The number of nitrogen functional groups attached to an aromatic ring is 1. The Balaban J connectivity index is 2.08. The fourth-order valence-electron chi connectivity index (χ4n) is 3.54. The maximum Gasteiger partial charge on any atom is 0.310 e. The first-order chi connectivity index (χ1) is 16.4. The Morgan fingerprint density at radius 2 is 1.72 bits per heavy atom. The molecule has 36 heavy (non-hydrogen) atoms. The topological polar surface area (TPSA) is 115 Å². The maximum atomic E-state index is 13.5. The second kappa shape index (κ2) is 8.40. The summed E-state index contributed by atoms with van der Waals surface area (Å²) >= 11 is 0. The number of aromatic nitrogens is 1. The van der Waals surface area contributed by atoms with Gasteiger partial charge in [0.1, 0.15) is 16.5 Å². The van der Waals surface area contributed by atoms with E-state index in [0.717, 1.165) is 13.0 Å².